The first kappa shape index (κ1) is 18.5. The number of fused-ring (bicyclic) bond motifs is 1. The average molecular weight is 378 g/mol. The number of benzene rings is 1. The molecule has 0 bridgehead atoms. The molecule has 0 N–H and O–H groups in total. The number of carbonyl (C=O) groups excluding carboxylic acids is 1. The van der Waals surface area contributed by atoms with Crippen LogP contribution < -0.4 is 5.69 Å². The Morgan fingerprint density at radius 1 is 1.14 bits per heavy atom. The molecular weight excluding hydrogens is 352 g/mol. The zero-order valence-corrected chi connectivity index (χ0v) is 16.5. The van der Waals surface area contributed by atoms with E-state index in [1.54, 1.807) is 22.4 Å². The molecule has 6 heteroatoms. The van der Waals surface area contributed by atoms with E-state index in [0.717, 1.165) is 42.7 Å². The van der Waals surface area contributed by atoms with Crippen LogP contribution in [-0.2, 0) is 24.8 Å². The van der Waals surface area contributed by atoms with Crippen LogP contribution in [0.3, 0.4) is 0 Å². The highest BCUT2D eigenvalue weighted by Gasteiger charge is 2.24. The second kappa shape index (κ2) is 7.62. The number of carbonyl (C=O) groups is 1. The highest BCUT2D eigenvalue weighted by atomic mass is 16.2. The second-order valence-electron chi connectivity index (χ2n) is 7.78. The molecule has 4 rings (SSSR count). The van der Waals surface area contributed by atoms with E-state index in [0.29, 0.717) is 18.9 Å². The number of pyridine rings is 1. The molecule has 3 heterocycles. The van der Waals surface area contributed by atoms with E-state index in [9.17, 15) is 9.59 Å². The quantitative estimate of drug-likeness (QED) is 0.701. The van der Waals surface area contributed by atoms with Crippen molar-refractivity contribution < 1.29 is 4.79 Å². The minimum absolute atomic E-state index is 0.0217. The number of hydrogen-bond acceptors (Lipinski definition) is 3. The van der Waals surface area contributed by atoms with Crippen molar-refractivity contribution in [3.05, 3.63) is 64.2 Å². The molecule has 6 nitrogen and oxygen atoms in total. The minimum Gasteiger partial charge on any atom is -0.342 e. The molecule has 1 aliphatic rings. The van der Waals surface area contributed by atoms with Crippen molar-refractivity contribution in [1.82, 2.24) is 19.0 Å². The lowest BCUT2D eigenvalue weighted by molar-refractivity contribution is -0.131. The van der Waals surface area contributed by atoms with Gasteiger partial charge in [0.15, 0.2) is 5.65 Å². The maximum atomic E-state index is 12.6. The molecule has 28 heavy (non-hydrogen) atoms. The maximum absolute atomic E-state index is 12.6. The number of rotatable bonds is 4. The second-order valence-corrected chi connectivity index (χ2v) is 7.78. The summed E-state index contributed by atoms with van der Waals surface area (Å²) >= 11 is 0. The van der Waals surface area contributed by atoms with Crippen molar-refractivity contribution in [3.8, 4) is 0 Å². The molecule has 1 aliphatic heterocycles. The Labute approximate surface area is 164 Å². The van der Waals surface area contributed by atoms with Gasteiger partial charge in [0.2, 0.25) is 5.91 Å². The molecule has 0 atom stereocenters. The van der Waals surface area contributed by atoms with Gasteiger partial charge in [-0.05, 0) is 43.4 Å². The first-order chi connectivity index (χ1) is 13.5. The van der Waals surface area contributed by atoms with Crippen LogP contribution in [-0.4, -0.2) is 38.0 Å². The van der Waals surface area contributed by atoms with Crippen LogP contribution in [0.2, 0.25) is 0 Å². The number of aryl methyl sites for hydroxylation is 2. The lowest BCUT2D eigenvalue weighted by atomic mass is 9.96. The van der Waals surface area contributed by atoms with E-state index in [2.05, 4.69) is 4.98 Å². The highest BCUT2D eigenvalue weighted by Crippen LogP contribution is 2.21. The SMILES string of the molecule is Cc1ccc(CC(=O)N2CCC(Cn3c(=O)n(C)c4cccnc43)CC2)cc1. The number of likely N-dealkylation sites (tertiary alicyclic amines) is 1. The summed E-state index contributed by atoms with van der Waals surface area (Å²) in [4.78, 5) is 31.6. The van der Waals surface area contributed by atoms with Gasteiger partial charge < -0.3 is 4.90 Å². The van der Waals surface area contributed by atoms with E-state index in [1.807, 2.05) is 48.2 Å². The Kier molecular flexibility index (Phi) is 5.03. The molecule has 0 aliphatic carbocycles. The molecule has 1 amide bonds. The molecule has 2 aromatic heterocycles. The van der Waals surface area contributed by atoms with Crippen molar-refractivity contribution in [2.24, 2.45) is 13.0 Å². The van der Waals surface area contributed by atoms with Gasteiger partial charge in [-0.3, -0.25) is 13.9 Å². The zero-order valence-electron chi connectivity index (χ0n) is 16.5. The first-order valence-corrected chi connectivity index (χ1v) is 9.86. The summed E-state index contributed by atoms with van der Waals surface area (Å²) in [5.74, 6) is 0.569. The molecular formula is C22H26N4O2. The van der Waals surface area contributed by atoms with Crippen LogP contribution in [0.25, 0.3) is 11.2 Å². The third-order valence-electron chi connectivity index (χ3n) is 5.78. The lowest BCUT2D eigenvalue weighted by Gasteiger charge is -2.32. The number of imidazole rings is 1. The van der Waals surface area contributed by atoms with Crippen LogP contribution in [0.15, 0.2) is 47.4 Å². The molecule has 1 fully saturated rings. The van der Waals surface area contributed by atoms with Crippen LogP contribution >= 0.6 is 0 Å². The molecule has 3 aromatic rings. The maximum Gasteiger partial charge on any atom is 0.330 e. The van der Waals surface area contributed by atoms with Crippen molar-refractivity contribution in [2.45, 2.75) is 32.7 Å². The topological polar surface area (TPSA) is 60.1 Å². The predicted octanol–water partition coefficient (Wildman–Crippen LogP) is 2.52. The van der Waals surface area contributed by atoms with Crippen LogP contribution in [0.5, 0.6) is 0 Å². The molecule has 0 radical (unpaired) electrons. The van der Waals surface area contributed by atoms with Gasteiger partial charge in [-0.1, -0.05) is 29.8 Å². The number of aromatic nitrogens is 3. The summed E-state index contributed by atoms with van der Waals surface area (Å²) in [5, 5.41) is 0. The molecule has 1 saturated heterocycles. The van der Waals surface area contributed by atoms with Crippen LogP contribution in [0, 0.1) is 12.8 Å². The third kappa shape index (κ3) is 3.59. The van der Waals surface area contributed by atoms with Gasteiger partial charge in [-0.15, -0.1) is 0 Å². The van der Waals surface area contributed by atoms with Gasteiger partial charge in [0, 0.05) is 32.9 Å². The van der Waals surface area contributed by atoms with E-state index < -0.39 is 0 Å². The van der Waals surface area contributed by atoms with Crippen molar-refractivity contribution in [2.75, 3.05) is 13.1 Å². The standard InChI is InChI=1S/C22H26N4O2/c1-16-5-7-17(8-6-16)14-20(27)25-12-9-18(10-13-25)15-26-21-19(4-3-11-23-21)24(2)22(26)28/h3-8,11,18H,9-10,12-15H2,1-2H3. The highest BCUT2D eigenvalue weighted by molar-refractivity contribution is 5.78. The normalized spacial score (nSPS) is 15.3. The fourth-order valence-electron chi connectivity index (χ4n) is 4.01. The van der Waals surface area contributed by atoms with Crippen molar-refractivity contribution >= 4 is 17.1 Å². The van der Waals surface area contributed by atoms with E-state index in [-0.39, 0.29) is 11.6 Å². The number of hydrogen-bond donors (Lipinski definition) is 0. The largest absolute Gasteiger partial charge is 0.342 e. The summed E-state index contributed by atoms with van der Waals surface area (Å²) < 4.78 is 3.44. The van der Waals surface area contributed by atoms with Crippen molar-refractivity contribution in [1.29, 1.82) is 0 Å². The number of amides is 1. The minimum atomic E-state index is -0.0217. The lowest BCUT2D eigenvalue weighted by Crippen LogP contribution is -2.40. The van der Waals surface area contributed by atoms with Gasteiger partial charge in [0.25, 0.3) is 0 Å². The Bertz CT molecular complexity index is 1040. The van der Waals surface area contributed by atoms with Gasteiger partial charge >= 0.3 is 5.69 Å². The Morgan fingerprint density at radius 3 is 2.57 bits per heavy atom. The predicted molar refractivity (Wildman–Crippen MR) is 109 cm³/mol. The van der Waals surface area contributed by atoms with Gasteiger partial charge in [0.1, 0.15) is 0 Å². The smallest absolute Gasteiger partial charge is 0.330 e. The van der Waals surface area contributed by atoms with E-state index in [1.165, 1.54) is 5.56 Å². The van der Waals surface area contributed by atoms with E-state index >= 15 is 0 Å². The molecule has 0 unspecified atom stereocenters. The number of piperidine rings is 1. The third-order valence-corrected chi connectivity index (χ3v) is 5.78. The Morgan fingerprint density at radius 2 is 1.86 bits per heavy atom. The molecule has 0 saturated carbocycles. The van der Waals surface area contributed by atoms with E-state index in [4.69, 9.17) is 0 Å². The Balaban J connectivity index is 1.38. The van der Waals surface area contributed by atoms with Crippen LogP contribution in [0.4, 0.5) is 0 Å². The summed E-state index contributed by atoms with van der Waals surface area (Å²) in [5.41, 5.74) is 3.85. The van der Waals surface area contributed by atoms with Crippen molar-refractivity contribution in [3.63, 3.8) is 0 Å². The molecule has 146 valence electrons. The monoisotopic (exact) mass is 378 g/mol. The summed E-state index contributed by atoms with van der Waals surface area (Å²) in [6, 6.07) is 11.9. The van der Waals surface area contributed by atoms with Crippen LogP contribution in [0.1, 0.15) is 24.0 Å². The summed E-state index contributed by atoms with van der Waals surface area (Å²) in [6.45, 7) is 4.21. The summed E-state index contributed by atoms with van der Waals surface area (Å²) in [6.07, 6.45) is 4.01. The summed E-state index contributed by atoms with van der Waals surface area (Å²) in [7, 11) is 1.79. The first-order valence-electron chi connectivity index (χ1n) is 9.86. The van der Waals surface area contributed by atoms with Gasteiger partial charge in [-0.2, -0.15) is 0 Å². The fourth-order valence-corrected chi connectivity index (χ4v) is 4.01. The zero-order chi connectivity index (χ0) is 19.7. The van der Waals surface area contributed by atoms with Gasteiger partial charge in [-0.25, -0.2) is 9.78 Å². The molecule has 0 spiro atoms. The molecule has 1 aromatic carbocycles. The number of nitrogens with zero attached hydrogens (tertiary/aromatic N) is 4. The van der Waals surface area contributed by atoms with Gasteiger partial charge in [0.05, 0.1) is 11.9 Å². The average Bonchev–Trinajstić information content (AvgIpc) is 2.95. The fraction of sp³-hybridized carbons (Fsp3) is 0.409. The Hall–Kier alpha value is -2.89.